The molecule has 4 aromatic rings. The lowest BCUT2D eigenvalue weighted by Crippen LogP contribution is -2.48. The molecule has 2 aromatic carbocycles. The Balaban J connectivity index is 1.40. The van der Waals surface area contributed by atoms with E-state index >= 15 is 0 Å². The van der Waals surface area contributed by atoms with Crippen LogP contribution in [0.5, 0.6) is 0 Å². The van der Waals surface area contributed by atoms with E-state index in [9.17, 15) is 9.59 Å². The number of carbonyl (C=O) groups excluding carboxylic acids is 2. The van der Waals surface area contributed by atoms with Crippen LogP contribution < -0.4 is 10.6 Å². The highest BCUT2D eigenvalue weighted by Crippen LogP contribution is 2.30. The zero-order chi connectivity index (χ0) is 22.1. The minimum absolute atomic E-state index is 0.127. The molecule has 5 rings (SSSR count). The maximum atomic E-state index is 13.2. The van der Waals surface area contributed by atoms with Gasteiger partial charge in [-0.1, -0.05) is 48.5 Å². The number of amides is 2. The number of nitrogens with zero attached hydrogens (tertiary/aromatic N) is 2. The van der Waals surface area contributed by atoms with Crippen LogP contribution in [0.4, 0.5) is 0 Å². The van der Waals surface area contributed by atoms with Gasteiger partial charge in [-0.15, -0.1) is 11.3 Å². The van der Waals surface area contributed by atoms with E-state index in [0.29, 0.717) is 11.3 Å². The zero-order valence-electron chi connectivity index (χ0n) is 17.7. The topological polar surface area (TPSA) is 76.0 Å². The van der Waals surface area contributed by atoms with Crippen molar-refractivity contribution in [1.82, 2.24) is 20.4 Å². The van der Waals surface area contributed by atoms with Crippen molar-refractivity contribution in [3.05, 3.63) is 82.9 Å². The molecule has 0 bridgehead atoms. The van der Waals surface area contributed by atoms with E-state index < -0.39 is 6.04 Å². The quantitative estimate of drug-likeness (QED) is 0.452. The van der Waals surface area contributed by atoms with Gasteiger partial charge in [0.05, 0.1) is 16.3 Å². The second-order valence-corrected chi connectivity index (χ2v) is 9.19. The fraction of sp³-hybridized carbons (Fsp3) is 0.240. The number of thiophene rings is 1. The molecule has 2 aromatic heterocycles. The first-order chi connectivity index (χ1) is 15.6. The maximum absolute atomic E-state index is 13.2. The molecule has 0 saturated heterocycles. The van der Waals surface area contributed by atoms with E-state index in [2.05, 4.69) is 15.7 Å². The van der Waals surface area contributed by atoms with Crippen molar-refractivity contribution in [2.24, 2.45) is 0 Å². The van der Waals surface area contributed by atoms with Gasteiger partial charge in [0.1, 0.15) is 10.9 Å². The largest absolute Gasteiger partial charge is 0.352 e. The highest BCUT2D eigenvalue weighted by molar-refractivity contribution is 7.20. The second-order valence-electron chi connectivity index (χ2n) is 8.16. The average molecular weight is 445 g/mol. The Labute approximate surface area is 190 Å². The van der Waals surface area contributed by atoms with Gasteiger partial charge in [-0.05, 0) is 43.5 Å². The molecule has 6 nitrogen and oxygen atoms in total. The Morgan fingerprint density at radius 1 is 1.09 bits per heavy atom. The van der Waals surface area contributed by atoms with Gasteiger partial charge in [-0.25, -0.2) is 4.68 Å². The smallest absolute Gasteiger partial charge is 0.262 e. The zero-order valence-corrected chi connectivity index (χ0v) is 18.6. The van der Waals surface area contributed by atoms with E-state index in [1.54, 1.807) is 0 Å². The molecule has 1 aliphatic carbocycles. The summed E-state index contributed by atoms with van der Waals surface area (Å²) in [7, 11) is 0. The van der Waals surface area contributed by atoms with Crippen molar-refractivity contribution >= 4 is 33.4 Å². The van der Waals surface area contributed by atoms with Gasteiger partial charge < -0.3 is 10.6 Å². The third-order valence-corrected chi connectivity index (χ3v) is 6.71. The molecule has 2 amide bonds. The van der Waals surface area contributed by atoms with E-state index in [-0.39, 0.29) is 17.9 Å². The molecule has 1 fully saturated rings. The molecule has 7 heteroatoms. The summed E-state index contributed by atoms with van der Waals surface area (Å²) in [5.74, 6) is -0.366. The van der Waals surface area contributed by atoms with Crippen molar-refractivity contribution in [2.75, 3.05) is 0 Å². The van der Waals surface area contributed by atoms with Crippen molar-refractivity contribution in [1.29, 1.82) is 0 Å². The van der Waals surface area contributed by atoms with Crippen LogP contribution in [0.1, 0.15) is 33.8 Å². The van der Waals surface area contributed by atoms with Gasteiger partial charge in [0.25, 0.3) is 5.91 Å². The molecule has 1 atom stereocenters. The molecule has 2 N–H and O–H groups in total. The lowest BCUT2D eigenvalue weighted by atomic mass is 10.1. The number of rotatable bonds is 7. The molecule has 0 spiro atoms. The molecule has 2 heterocycles. The fourth-order valence-corrected chi connectivity index (χ4v) is 4.81. The Bertz CT molecular complexity index is 1260. The first kappa shape index (κ1) is 20.5. The highest BCUT2D eigenvalue weighted by atomic mass is 32.1. The summed E-state index contributed by atoms with van der Waals surface area (Å²) in [6.45, 7) is 1.94. The summed E-state index contributed by atoms with van der Waals surface area (Å²) in [4.78, 5) is 27.5. The maximum Gasteiger partial charge on any atom is 0.262 e. The number of hydrogen-bond donors (Lipinski definition) is 2. The van der Waals surface area contributed by atoms with Crippen LogP contribution >= 0.6 is 11.3 Å². The summed E-state index contributed by atoms with van der Waals surface area (Å²) in [6.07, 6.45) is 2.46. The molecule has 0 aliphatic heterocycles. The Morgan fingerprint density at radius 3 is 2.47 bits per heavy atom. The molecule has 162 valence electrons. The van der Waals surface area contributed by atoms with Gasteiger partial charge in [0.2, 0.25) is 5.91 Å². The normalized spacial score (nSPS) is 14.3. The van der Waals surface area contributed by atoms with E-state index in [4.69, 9.17) is 0 Å². The molecular weight excluding hydrogens is 420 g/mol. The van der Waals surface area contributed by atoms with Crippen molar-refractivity contribution in [3.8, 4) is 5.69 Å². The number of aryl methyl sites for hydroxylation is 1. The van der Waals surface area contributed by atoms with Crippen molar-refractivity contribution in [3.63, 3.8) is 0 Å². The second kappa shape index (κ2) is 8.59. The van der Waals surface area contributed by atoms with Crippen LogP contribution in [0.3, 0.4) is 0 Å². The third-order valence-electron chi connectivity index (χ3n) is 5.60. The van der Waals surface area contributed by atoms with E-state index in [1.807, 2.05) is 78.3 Å². The molecular formula is C25H24N4O2S. The monoisotopic (exact) mass is 444 g/mol. The minimum Gasteiger partial charge on any atom is -0.352 e. The first-order valence-corrected chi connectivity index (χ1v) is 11.6. The molecule has 1 unspecified atom stereocenters. The fourth-order valence-electron chi connectivity index (χ4n) is 3.72. The number of fused-ring (bicyclic) bond motifs is 1. The van der Waals surface area contributed by atoms with Crippen LogP contribution in [0.15, 0.2) is 66.7 Å². The first-order valence-electron chi connectivity index (χ1n) is 10.8. The third kappa shape index (κ3) is 4.29. The number of benzene rings is 2. The van der Waals surface area contributed by atoms with Gasteiger partial charge in [-0.3, -0.25) is 9.59 Å². The van der Waals surface area contributed by atoms with Crippen LogP contribution in [-0.4, -0.2) is 33.7 Å². The van der Waals surface area contributed by atoms with Crippen LogP contribution in [0.25, 0.3) is 15.9 Å². The van der Waals surface area contributed by atoms with Crippen LogP contribution in [-0.2, 0) is 11.2 Å². The Hall–Kier alpha value is -3.45. The van der Waals surface area contributed by atoms with Gasteiger partial charge >= 0.3 is 0 Å². The van der Waals surface area contributed by atoms with Crippen molar-refractivity contribution < 1.29 is 9.59 Å². The van der Waals surface area contributed by atoms with Gasteiger partial charge in [0, 0.05) is 17.8 Å². The SMILES string of the molecule is Cc1nn(-c2ccccc2)c2sc(C(=O)NC(Cc3ccccc3)C(=O)NC3CC3)cc12. The highest BCUT2D eigenvalue weighted by Gasteiger charge is 2.29. The van der Waals surface area contributed by atoms with Gasteiger partial charge in [-0.2, -0.15) is 5.10 Å². The number of aromatic nitrogens is 2. The lowest BCUT2D eigenvalue weighted by Gasteiger charge is -2.18. The standard InChI is InChI=1S/C25H24N4O2S/c1-16-20-15-22(32-25(20)29(28-16)19-10-6-3-7-11-19)24(31)27-21(23(30)26-18-12-13-18)14-17-8-4-2-5-9-17/h2-11,15,18,21H,12-14H2,1H3,(H,26,30)(H,27,31). The number of para-hydroxylation sites is 1. The predicted molar refractivity (Wildman–Crippen MR) is 126 cm³/mol. The Morgan fingerprint density at radius 2 is 1.78 bits per heavy atom. The van der Waals surface area contributed by atoms with Crippen LogP contribution in [0, 0.1) is 6.92 Å². The molecule has 1 aliphatic rings. The molecule has 0 radical (unpaired) electrons. The summed E-state index contributed by atoms with van der Waals surface area (Å²) in [5, 5.41) is 11.6. The summed E-state index contributed by atoms with van der Waals surface area (Å²) in [5.41, 5.74) is 2.83. The Kier molecular flexibility index (Phi) is 5.49. The van der Waals surface area contributed by atoms with Crippen molar-refractivity contribution in [2.45, 2.75) is 38.3 Å². The minimum atomic E-state index is -0.623. The van der Waals surface area contributed by atoms with Gasteiger partial charge in [0.15, 0.2) is 0 Å². The van der Waals surface area contributed by atoms with E-state index in [1.165, 1.54) is 11.3 Å². The van der Waals surface area contributed by atoms with Crippen LogP contribution in [0.2, 0.25) is 0 Å². The predicted octanol–water partition coefficient (Wildman–Crippen LogP) is 4.02. The summed E-state index contributed by atoms with van der Waals surface area (Å²) >= 11 is 1.39. The number of carbonyl (C=O) groups is 2. The summed E-state index contributed by atoms with van der Waals surface area (Å²) in [6, 6.07) is 21.1. The molecule has 32 heavy (non-hydrogen) atoms. The average Bonchev–Trinajstić information content (AvgIpc) is 3.42. The van der Waals surface area contributed by atoms with E-state index in [0.717, 1.165) is 40.0 Å². The number of hydrogen-bond acceptors (Lipinski definition) is 4. The number of nitrogens with one attached hydrogen (secondary N) is 2. The molecule has 1 saturated carbocycles. The lowest BCUT2D eigenvalue weighted by molar-refractivity contribution is -0.123. The summed E-state index contributed by atoms with van der Waals surface area (Å²) < 4.78 is 1.87.